The summed E-state index contributed by atoms with van der Waals surface area (Å²) < 4.78 is 26.6. The van der Waals surface area contributed by atoms with Crippen LogP contribution in [0.3, 0.4) is 0 Å². The van der Waals surface area contributed by atoms with E-state index in [1.807, 2.05) is 0 Å². The van der Waals surface area contributed by atoms with E-state index in [4.69, 9.17) is 0 Å². The van der Waals surface area contributed by atoms with Crippen LogP contribution in [-0.2, 0) is 11.3 Å². The zero-order valence-corrected chi connectivity index (χ0v) is 12.8. The van der Waals surface area contributed by atoms with Crippen molar-refractivity contribution in [1.82, 2.24) is 5.32 Å². The minimum Gasteiger partial charge on any atom is -0.348 e. The quantitative estimate of drug-likeness (QED) is 0.884. The van der Waals surface area contributed by atoms with Gasteiger partial charge < -0.3 is 10.6 Å². The van der Waals surface area contributed by atoms with Crippen molar-refractivity contribution in [3.63, 3.8) is 0 Å². The first-order chi connectivity index (χ1) is 11.5. The molecular formula is C18H16F2N2O2. The number of carbonyl (C=O) groups excluding carboxylic acids is 2. The highest BCUT2D eigenvalue weighted by Crippen LogP contribution is 2.30. The van der Waals surface area contributed by atoms with Crippen LogP contribution < -0.4 is 10.6 Å². The summed E-state index contributed by atoms with van der Waals surface area (Å²) in [6.45, 7) is 0.172. The van der Waals surface area contributed by atoms with Gasteiger partial charge in [-0.3, -0.25) is 9.59 Å². The van der Waals surface area contributed by atoms with Crippen molar-refractivity contribution in [3.8, 4) is 0 Å². The molecule has 2 N–H and O–H groups in total. The number of benzene rings is 2. The number of hydrogen-bond donors (Lipinski definition) is 2. The SMILES string of the molecule is O=C(NCc1ccc(NC(=O)C2CC2)cc1)c1cc(F)ccc1F. The van der Waals surface area contributed by atoms with Crippen molar-refractivity contribution >= 4 is 17.5 Å². The summed E-state index contributed by atoms with van der Waals surface area (Å²) in [7, 11) is 0. The van der Waals surface area contributed by atoms with Gasteiger partial charge in [0.05, 0.1) is 5.56 Å². The summed E-state index contributed by atoms with van der Waals surface area (Å²) in [4.78, 5) is 23.6. The molecule has 1 aliphatic rings. The highest BCUT2D eigenvalue weighted by molar-refractivity contribution is 5.95. The monoisotopic (exact) mass is 330 g/mol. The number of rotatable bonds is 5. The van der Waals surface area contributed by atoms with Crippen LogP contribution in [0.15, 0.2) is 42.5 Å². The van der Waals surface area contributed by atoms with Crippen molar-refractivity contribution in [2.75, 3.05) is 5.32 Å². The fourth-order valence-electron chi connectivity index (χ4n) is 2.24. The lowest BCUT2D eigenvalue weighted by atomic mass is 10.1. The van der Waals surface area contributed by atoms with Crippen molar-refractivity contribution < 1.29 is 18.4 Å². The van der Waals surface area contributed by atoms with Crippen LogP contribution >= 0.6 is 0 Å². The Morgan fingerprint density at radius 1 is 1.04 bits per heavy atom. The Bertz CT molecular complexity index is 771. The third kappa shape index (κ3) is 3.95. The van der Waals surface area contributed by atoms with Gasteiger partial charge in [0, 0.05) is 18.2 Å². The Balaban J connectivity index is 1.57. The van der Waals surface area contributed by atoms with Gasteiger partial charge in [-0.25, -0.2) is 8.78 Å². The molecule has 1 aliphatic carbocycles. The molecule has 0 unspecified atom stereocenters. The highest BCUT2D eigenvalue weighted by atomic mass is 19.1. The van der Waals surface area contributed by atoms with Crippen LogP contribution in [-0.4, -0.2) is 11.8 Å². The first-order valence-corrected chi connectivity index (χ1v) is 7.66. The molecule has 0 saturated heterocycles. The lowest BCUT2D eigenvalue weighted by Gasteiger charge is -2.08. The van der Waals surface area contributed by atoms with Crippen LogP contribution in [0.5, 0.6) is 0 Å². The van der Waals surface area contributed by atoms with Gasteiger partial charge in [-0.1, -0.05) is 12.1 Å². The smallest absolute Gasteiger partial charge is 0.254 e. The topological polar surface area (TPSA) is 58.2 Å². The molecule has 1 fully saturated rings. The van der Waals surface area contributed by atoms with E-state index in [0.29, 0.717) is 5.69 Å². The van der Waals surface area contributed by atoms with Crippen molar-refractivity contribution in [1.29, 1.82) is 0 Å². The van der Waals surface area contributed by atoms with Gasteiger partial charge in [-0.15, -0.1) is 0 Å². The molecule has 2 aromatic carbocycles. The van der Waals surface area contributed by atoms with E-state index in [-0.39, 0.29) is 23.9 Å². The van der Waals surface area contributed by atoms with Crippen molar-refractivity contribution in [2.24, 2.45) is 5.92 Å². The zero-order valence-electron chi connectivity index (χ0n) is 12.8. The van der Waals surface area contributed by atoms with Crippen molar-refractivity contribution in [3.05, 3.63) is 65.2 Å². The van der Waals surface area contributed by atoms with E-state index >= 15 is 0 Å². The van der Waals surface area contributed by atoms with E-state index in [2.05, 4.69) is 10.6 Å². The molecule has 0 bridgehead atoms. The summed E-state index contributed by atoms with van der Waals surface area (Å²) >= 11 is 0. The first-order valence-electron chi connectivity index (χ1n) is 7.66. The zero-order chi connectivity index (χ0) is 17.1. The third-order valence-electron chi connectivity index (χ3n) is 3.80. The maximum atomic E-state index is 13.5. The summed E-state index contributed by atoms with van der Waals surface area (Å²) in [6, 6.07) is 9.73. The van der Waals surface area contributed by atoms with E-state index < -0.39 is 17.5 Å². The predicted molar refractivity (Wildman–Crippen MR) is 85.3 cm³/mol. The molecule has 3 rings (SSSR count). The summed E-state index contributed by atoms with van der Waals surface area (Å²) in [6.07, 6.45) is 1.87. The Hall–Kier alpha value is -2.76. The van der Waals surface area contributed by atoms with Gasteiger partial charge in [-0.2, -0.15) is 0 Å². The van der Waals surface area contributed by atoms with Crippen LogP contribution in [0.2, 0.25) is 0 Å². The minimum absolute atomic E-state index is 0.0256. The van der Waals surface area contributed by atoms with Crippen LogP contribution in [0, 0.1) is 17.6 Å². The average molecular weight is 330 g/mol. The fraction of sp³-hybridized carbons (Fsp3) is 0.222. The maximum absolute atomic E-state index is 13.5. The largest absolute Gasteiger partial charge is 0.348 e. The molecule has 2 aromatic rings. The van der Waals surface area contributed by atoms with Gasteiger partial charge in [0.1, 0.15) is 11.6 Å². The second-order valence-electron chi connectivity index (χ2n) is 5.77. The van der Waals surface area contributed by atoms with Gasteiger partial charge in [0.2, 0.25) is 5.91 Å². The normalized spacial score (nSPS) is 13.4. The van der Waals surface area contributed by atoms with Gasteiger partial charge in [0.25, 0.3) is 5.91 Å². The number of halogens is 2. The molecule has 124 valence electrons. The highest BCUT2D eigenvalue weighted by Gasteiger charge is 2.29. The summed E-state index contributed by atoms with van der Waals surface area (Å²) in [5.41, 5.74) is 1.14. The molecule has 0 heterocycles. The predicted octanol–water partition coefficient (Wildman–Crippen LogP) is 3.24. The lowest BCUT2D eigenvalue weighted by Crippen LogP contribution is -2.24. The van der Waals surface area contributed by atoms with Crippen molar-refractivity contribution in [2.45, 2.75) is 19.4 Å². The van der Waals surface area contributed by atoms with E-state index in [0.717, 1.165) is 36.6 Å². The van der Waals surface area contributed by atoms with Gasteiger partial charge >= 0.3 is 0 Å². The van der Waals surface area contributed by atoms with Gasteiger partial charge in [0.15, 0.2) is 0 Å². The molecule has 0 aromatic heterocycles. The Morgan fingerprint density at radius 2 is 1.75 bits per heavy atom. The molecule has 6 heteroatoms. The lowest BCUT2D eigenvalue weighted by molar-refractivity contribution is -0.117. The van der Waals surface area contributed by atoms with E-state index in [9.17, 15) is 18.4 Å². The fourth-order valence-corrected chi connectivity index (χ4v) is 2.24. The number of nitrogens with one attached hydrogen (secondary N) is 2. The first kappa shape index (κ1) is 16.1. The number of amides is 2. The summed E-state index contributed by atoms with van der Waals surface area (Å²) in [5, 5.41) is 5.36. The molecular weight excluding hydrogens is 314 g/mol. The summed E-state index contributed by atoms with van der Waals surface area (Å²) in [5.74, 6) is -1.97. The number of hydrogen-bond acceptors (Lipinski definition) is 2. The Labute approximate surface area is 137 Å². The molecule has 0 spiro atoms. The third-order valence-corrected chi connectivity index (χ3v) is 3.80. The van der Waals surface area contributed by atoms with Crippen LogP contribution in [0.4, 0.5) is 14.5 Å². The molecule has 0 aliphatic heterocycles. The second kappa shape index (κ2) is 6.78. The molecule has 0 atom stereocenters. The molecule has 24 heavy (non-hydrogen) atoms. The van der Waals surface area contributed by atoms with E-state index in [1.54, 1.807) is 24.3 Å². The van der Waals surface area contributed by atoms with Crippen LogP contribution in [0.1, 0.15) is 28.8 Å². The molecule has 1 saturated carbocycles. The minimum atomic E-state index is -0.771. The standard InChI is InChI=1S/C18H16F2N2O2/c19-13-5-8-16(20)15(9-13)18(24)21-10-11-1-6-14(7-2-11)22-17(23)12-3-4-12/h1-2,5-9,12H,3-4,10H2,(H,21,24)(H,22,23). The molecule has 2 amide bonds. The average Bonchev–Trinajstić information content (AvgIpc) is 3.41. The Morgan fingerprint density at radius 3 is 2.42 bits per heavy atom. The second-order valence-corrected chi connectivity index (χ2v) is 5.77. The Kier molecular flexibility index (Phi) is 4.55. The number of carbonyl (C=O) groups is 2. The number of anilines is 1. The molecule has 4 nitrogen and oxygen atoms in total. The van der Waals surface area contributed by atoms with Gasteiger partial charge in [-0.05, 0) is 48.7 Å². The molecule has 0 radical (unpaired) electrons. The van der Waals surface area contributed by atoms with E-state index in [1.165, 1.54) is 0 Å². The van der Waals surface area contributed by atoms with Crippen LogP contribution in [0.25, 0.3) is 0 Å². The maximum Gasteiger partial charge on any atom is 0.254 e.